The topological polar surface area (TPSA) is 52.6 Å². The summed E-state index contributed by atoms with van der Waals surface area (Å²) >= 11 is 0. The fourth-order valence-corrected chi connectivity index (χ4v) is 2.88. The number of hydrogen-bond donors (Lipinski definition) is 0. The van der Waals surface area contributed by atoms with Crippen molar-refractivity contribution in [2.24, 2.45) is 5.41 Å². The van der Waals surface area contributed by atoms with Crippen molar-refractivity contribution in [2.45, 2.75) is 111 Å². The summed E-state index contributed by atoms with van der Waals surface area (Å²) in [4.78, 5) is 23.4. The lowest BCUT2D eigenvalue weighted by molar-refractivity contribution is -0.149. The third kappa shape index (κ3) is 17.6. The maximum absolute atomic E-state index is 11.8. The van der Waals surface area contributed by atoms with Gasteiger partial charge in [0.2, 0.25) is 0 Å². The summed E-state index contributed by atoms with van der Waals surface area (Å²) < 4.78 is 10.6. The molecule has 0 aliphatic heterocycles. The lowest BCUT2D eigenvalue weighted by atomic mass is 9.90. The van der Waals surface area contributed by atoms with Gasteiger partial charge in [0, 0.05) is 12.8 Å². The normalized spacial score (nSPS) is 12.7. The van der Waals surface area contributed by atoms with E-state index in [1.54, 1.807) is 0 Å². The number of hydrogen-bond acceptors (Lipinski definition) is 4. The van der Waals surface area contributed by atoms with Crippen LogP contribution in [0.25, 0.3) is 0 Å². The highest BCUT2D eigenvalue weighted by atomic mass is 16.5. The van der Waals surface area contributed by atoms with Crippen LogP contribution in [0.5, 0.6) is 0 Å². The van der Waals surface area contributed by atoms with Crippen molar-refractivity contribution in [3.8, 4) is 0 Å². The quantitative estimate of drug-likeness (QED) is 0.291. The minimum absolute atomic E-state index is 0.0863. The Bertz CT molecular complexity index is 357. The zero-order chi connectivity index (χ0) is 19.1. The summed E-state index contributed by atoms with van der Waals surface area (Å²) in [6, 6.07) is 0. The maximum atomic E-state index is 11.8. The van der Waals surface area contributed by atoms with E-state index in [2.05, 4.69) is 27.7 Å². The van der Waals surface area contributed by atoms with Crippen molar-refractivity contribution < 1.29 is 19.1 Å². The van der Waals surface area contributed by atoms with Crippen molar-refractivity contribution in [3.05, 3.63) is 0 Å². The highest BCUT2D eigenvalue weighted by molar-refractivity contribution is 5.72. The molecule has 0 aliphatic rings. The van der Waals surface area contributed by atoms with E-state index in [9.17, 15) is 9.59 Å². The first-order valence-corrected chi connectivity index (χ1v) is 10.1. The molecule has 0 rings (SSSR count). The SMILES string of the molecule is CCCCCCCCCOC(=O)CCCC(=O)OC(C)CC(C)(C)C. The number of carbonyl (C=O) groups excluding carboxylic acids is 2. The maximum Gasteiger partial charge on any atom is 0.306 e. The van der Waals surface area contributed by atoms with Crippen molar-refractivity contribution in [2.75, 3.05) is 6.61 Å². The Morgan fingerprint density at radius 2 is 1.40 bits per heavy atom. The number of ether oxygens (including phenoxy) is 2. The molecule has 0 fully saturated rings. The van der Waals surface area contributed by atoms with Crippen molar-refractivity contribution in [3.63, 3.8) is 0 Å². The summed E-state index contributed by atoms with van der Waals surface area (Å²) in [6.07, 6.45) is 10.2. The standard InChI is InChI=1S/C21H40O4/c1-6-7-8-9-10-11-12-16-24-19(22)14-13-15-20(23)25-18(2)17-21(3,4)5/h18H,6-17H2,1-5H3. The smallest absolute Gasteiger partial charge is 0.306 e. The highest BCUT2D eigenvalue weighted by Gasteiger charge is 2.18. The van der Waals surface area contributed by atoms with Gasteiger partial charge in [-0.3, -0.25) is 9.59 Å². The van der Waals surface area contributed by atoms with Gasteiger partial charge in [0.05, 0.1) is 12.7 Å². The summed E-state index contributed by atoms with van der Waals surface area (Å²) in [5.41, 5.74) is 0.138. The molecule has 0 N–H and O–H groups in total. The van der Waals surface area contributed by atoms with Crippen LogP contribution in [0.1, 0.15) is 105 Å². The molecule has 4 nitrogen and oxygen atoms in total. The molecule has 0 bridgehead atoms. The van der Waals surface area contributed by atoms with Crippen molar-refractivity contribution >= 4 is 11.9 Å². The molecule has 0 aromatic rings. The zero-order valence-corrected chi connectivity index (χ0v) is 17.2. The van der Waals surface area contributed by atoms with Gasteiger partial charge in [0.1, 0.15) is 0 Å². The van der Waals surface area contributed by atoms with Crippen molar-refractivity contribution in [1.82, 2.24) is 0 Å². The van der Waals surface area contributed by atoms with E-state index in [1.165, 1.54) is 32.1 Å². The van der Waals surface area contributed by atoms with Gasteiger partial charge in [-0.15, -0.1) is 0 Å². The lowest BCUT2D eigenvalue weighted by Gasteiger charge is -2.23. The molecule has 0 aromatic heterocycles. The summed E-state index contributed by atoms with van der Waals surface area (Å²) in [7, 11) is 0. The van der Waals surface area contributed by atoms with Gasteiger partial charge in [0.25, 0.3) is 0 Å². The van der Waals surface area contributed by atoms with Gasteiger partial charge in [-0.05, 0) is 31.6 Å². The van der Waals surface area contributed by atoms with Gasteiger partial charge < -0.3 is 9.47 Å². The van der Waals surface area contributed by atoms with Gasteiger partial charge in [-0.2, -0.15) is 0 Å². The molecule has 0 saturated heterocycles. The van der Waals surface area contributed by atoms with Crippen LogP contribution in [0.4, 0.5) is 0 Å². The second-order valence-corrected chi connectivity index (χ2v) is 8.26. The third-order valence-electron chi connectivity index (χ3n) is 4.01. The summed E-state index contributed by atoms with van der Waals surface area (Å²) in [6.45, 7) is 11.0. The van der Waals surface area contributed by atoms with Gasteiger partial charge in [-0.25, -0.2) is 0 Å². The first-order valence-electron chi connectivity index (χ1n) is 10.1. The zero-order valence-electron chi connectivity index (χ0n) is 17.2. The Kier molecular flexibility index (Phi) is 13.5. The van der Waals surface area contributed by atoms with Crippen LogP contribution in [0.15, 0.2) is 0 Å². The largest absolute Gasteiger partial charge is 0.466 e. The number of unbranched alkanes of at least 4 members (excludes halogenated alkanes) is 6. The average Bonchev–Trinajstić information content (AvgIpc) is 2.47. The Labute approximate surface area is 155 Å². The Morgan fingerprint density at radius 1 is 0.840 bits per heavy atom. The highest BCUT2D eigenvalue weighted by Crippen LogP contribution is 2.22. The predicted octanol–water partition coefficient (Wildman–Crippen LogP) is 5.82. The molecule has 25 heavy (non-hydrogen) atoms. The van der Waals surface area contributed by atoms with Crippen LogP contribution in [-0.4, -0.2) is 24.6 Å². The van der Waals surface area contributed by atoms with E-state index >= 15 is 0 Å². The minimum atomic E-state index is -0.225. The van der Waals surface area contributed by atoms with Gasteiger partial charge in [0.15, 0.2) is 0 Å². The Morgan fingerprint density at radius 3 is 2.00 bits per heavy atom. The number of rotatable bonds is 14. The average molecular weight is 357 g/mol. The summed E-state index contributed by atoms with van der Waals surface area (Å²) in [5.74, 6) is -0.432. The molecule has 148 valence electrons. The summed E-state index contributed by atoms with van der Waals surface area (Å²) in [5, 5.41) is 0. The first kappa shape index (κ1) is 23.9. The Hall–Kier alpha value is -1.06. The molecule has 0 spiro atoms. The van der Waals surface area contributed by atoms with E-state index in [1.807, 2.05) is 6.92 Å². The predicted molar refractivity (Wildman–Crippen MR) is 102 cm³/mol. The molecular weight excluding hydrogens is 316 g/mol. The molecule has 0 aliphatic carbocycles. The van der Waals surface area contributed by atoms with E-state index in [0.717, 1.165) is 19.3 Å². The van der Waals surface area contributed by atoms with E-state index in [0.29, 0.717) is 19.4 Å². The Balaban J connectivity index is 3.55. The second-order valence-electron chi connectivity index (χ2n) is 8.26. The van der Waals surface area contributed by atoms with Crippen LogP contribution in [0.2, 0.25) is 0 Å². The molecule has 1 unspecified atom stereocenters. The fourth-order valence-electron chi connectivity index (χ4n) is 2.88. The van der Waals surface area contributed by atoms with Crippen molar-refractivity contribution in [1.29, 1.82) is 0 Å². The van der Waals surface area contributed by atoms with Crippen LogP contribution in [-0.2, 0) is 19.1 Å². The van der Waals surface area contributed by atoms with Crippen LogP contribution in [0, 0.1) is 5.41 Å². The minimum Gasteiger partial charge on any atom is -0.466 e. The van der Waals surface area contributed by atoms with Crippen LogP contribution < -0.4 is 0 Å². The lowest BCUT2D eigenvalue weighted by Crippen LogP contribution is -2.21. The molecule has 0 aromatic carbocycles. The molecule has 0 heterocycles. The molecule has 1 atom stereocenters. The molecule has 0 radical (unpaired) electrons. The monoisotopic (exact) mass is 356 g/mol. The fraction of sp³-hybridized carbons (Fsp3) is 0.905. The molecular formula is C21H40O4. The first-order chi connectivity index (χ1) is 11.7. The van der Waals surface area contributed by atoms with Gasteiger partial charge in [-0.1, -0.05) is 66.2 Å². The number of esters is 2. The molecule has 0 amide bonds. The van der Waals surface area contributed by atoms with Gasteiger partial charge >= 0.3 is 11.9 Å². The van der Waals surface area contributed by atoms with E-state index < -0.39 is 0 Å². The van der Waals surface area contributed by atoms with E-state index in [4.69, 9.17) is 9.47 Å². The van der Waals surface area contributed by atoms with Crippen LogP contribution in [0.3, 0.4) is 0 Å². The molecule has 0 saturated carbocycles. The molecule has 4 heteroatoms. The van der Waals surface area contributed by atoms with Crippen LogP contribution >= 0.6 is 0 Å². The second kappa shape index (κ2) is 14.1. The van der Waals surface area contributed by atoms with E-state index in [-0.39, 0.29) is 29.9 Å². The third-order valence-corrected chi connectivity index (χ3v) is 4.01. The number of carbonyl (C=O) groups is 2.